The number of hydrogen-bond acceptors (Lipinski definition) is 6. The molecule has 1 amide bonds. The van der Waals surface area contributed by atoms with Crippen LogP contribution in [0.1, 0.15) is 28.8 Å². The van der Waals surface area contributed by atoms with E-state index in [4.69, 9.17) is 5.73 Å². The Kier molecular flexibility index (Phi) is 5.31. The van der Waals surface area contributed by atoms with Crippen LogP contribution in [0, 0.1) is 0 Å². The molecule has 1 saturated heterocycles. The molecule has 1 aromatic heterocycles. The van der Waals surface area contributed by atoms with Crippen molar-refractivity contribution in [3.05, 3.63) is 16.1 Å². The van der Waals surface area contributed by atoms with E-state index in [9.17, 15) is 13.2 Å². The Morgan fingerprint density at radius 2 is 2.05 bits per heavy atom. The molecule has 0 aromatic carbocycles. The van der Waals surface area contributed by atoms with Gasteiger partial charge in [-0.25, -0.2) is 13.4 Å². The number of aromatic nitrogens is 1. The summed E-state index contributed by atoms with van der Waals surface area (Å²) in [5, 5.41) is 2.42. The summed E-state index contributed by atoms with van der Waals surface area (Å²) in [5.41, 5.74) is 5.88. The SMILES string of the molecule is CCCS(=O)(=O)N1CCN(C(=O)c2csc(CN)n2)CC1. The molecule has 2 rings (SSSR count). The van der Waals surface area contributed by atoms with E-state index >= 15 is 0 Å². The highest BCUT2D eigenvalue weighted by Gasteiger charge is 2.29. The van der Waals surface area contributed by atoms with Gasteiger partial charge in [0.25, 0.3) is 5.91 Å². The lowest BCUT2D eigenvalue weighted by Crippen LogP contribution is -2.51. The zero-order valence-electron chi connectivity index (χ0n) is 12.0. The van der Waals surface area contributed by atoms with Gasteiger partial charge >= 0.3 is 0 Å². The second-order valence-electron chi connectivity index (χ2n) is 4.84. The van der Waals surface area contributed by atoms with Gasteiger partial charge in [-0.1, -0.05) is 6.92 Å². The summed E-state index contributed by atoms with van der Waals surface area (Å²) in [6.07, 6.45) is 0.599. The Balaban J connectivity index is 1.96. The molecule has 1 aliphatic heterocycles. The lowest BCUT2D eigenvalue weighted by Gasteiger charge is -2.33. The number of carbonyl (C=O) groups is 1. The van der Waals surface area contributed by atoms with Crippen molar-refractivity contribution in [3.8, 4) is 0 Å². The van der Waals surface area contributed by atoms with Crippen molar-refractivity contribution in [1.82, 2.24) is 14.2 Å². The lowest BCUT2D eigenvalue weighted by molar-refractivity contribution is 0.0692. The van der Waals surface area contributed by atoms with Crippen molar-refractivity contribution in [3.63, 3.8) is 0 Å². The minimum absolute atomic E-state index is 0.154. The highest BCUT2D eigenvalue weighted by Crippen LogP contribution is 2.14. The van der Waals surface area contributed by atoms with Gasteiger partial charge < -0.3 is 10.6 Å². The van der Waals surface area contributed by atoms with Crippen molar-refractivity contribution < 1.29 is 13.2 Å². The van der Waals surface area contributed by atoms with Gasteiger partial charge in [-0.15, -0.1) is 11.3 Å². The summed E-state index contributed by atoms with van der Waals surface area (Å²) < 4.78 is 25.4. The molecule has 0 radical (unpaired) electrons. The highest BCUT2D eigenvalue weighted by atomic mass is 32.2. The normalized spacial score (nSPS) is 17.1. The van der Waals surface area contributed by atoms with Crippen LogP contribution in [-0.2, 0) is 16.6 Å². The van der Waals surface area contributed by atoms with Gasteiger partial charge in [-0.3, -0.25) is 4.79 Å². The van der Waals surface area contributed by atoms with Crippen molar-refractivity contribution >= 4 is 27.3 Å². The Bertz CT molecular complexity index is 591. The van der Waals surface area contributed by atoms with E-state index in [2.05, 4.69) is 4.98 Å². The number of rotatable bonds is 5. The standard InChI is InChI=1S/C12H20N4O3S2/c1-2-7-21(18,19)16-5-3-15(4-6-16)12(17)10-9-20-11(8-13)14-10/h9H,2-8,13H2,1H3. The quantitative estimate of drug-likeness (QED) is 0.825. The summed E-state index contributed by atoms with van der Waals surface area (Å²) in [7, 11) is -3.18. The molecule has 0 saturated carbocycles. The highest BCUT2D eigenvalue weighted by molar-refractivity contribution is 7.89. The third kappa shape index (κ3) is 3.79. The summed E-state index contributed by atoms with van der Waals surface area (Å²) in [6, 6.07) is 0. The van der Waals surface area contributed by atoms with Gasteiger partial charge in [0, 0.05) is 38.1 Å². The summed E-state index contributed by atoms with van der Waals surface area (Å²) in [5.74, 6) is 0.00544. The largest absolute Gasteiger partial charge is 0.335 e. The van der Waals surface area contributed by atoms with E-state index < -0.39 is 10.0 Å². The predicted octanol–water partition coefficient (Wildman–Crippen LogP) is 0.0994. The third-order valence-corrected chi connectivity index (χ3v) is 6.27. The van der Waals surface area contributed by atoms with E-state index in [1.54, 1.807) is 10.3 Å². The van der Waals surface area contributed by atoms with Crippen molar-refractivity contribution in [1.29, 1.82) is 0 Å². The maximum Gasteiger partial charge on any atom is 0.273 e. The number of amides is 1. The summed E-state index contributed by atoms with van der Waals surface area (Å²) in [4.78, 5) is 18.1. The Morgan fingerprint density at radius 3 is 2.57 bits per heavy atom. The molecular weight excluding hydrogens is 312 g/mol. The number of carbonyl (C=O) groups excluding carboxylic acids is 1. The van der Waals surface area contributed by atoms with Gasteiger partial charge in [0.15, 0.2) is 0 Å². The molecule has 21 heavy (non-hydrogen) atoms. The van der Waals surface area contributed by atoms with Crippen LogP contribution < -0.4 is 5.73 Å². The molecule has 7 nitrogen and oxygen atoms in total. The van der Waals surface area contributed by atoms with E-state index in [0.717, 1.165) is 5.01 Å². The topological polar surface area (TPSA) is 96.6 Å². The Labute approximate surface area is 128 Å². The number of piperazine rings is 1. The maximum atomic E-state index is 12.3. The minimum atomic E-state index is -3.18. The Morgan fingerprint density at radius 1 is 1.38 bits per heavy atom. The molecule has 118 valence electrons. The molecule has 0 atom stereocenters. The molecule has 0 unspecified atom stereocenters. The molecule has 2 N–H and O–H groups in total. The first-order valence-corrected chi connectivity index (χ1v) is 9.38. The van der Waals surface area contributed by atoms with E-state index in [0.29, 0.717) is 44.8 Å². The predicted molar refractivity (Wildman–Crippen MR) is 81.6 cm³/mol. The number of sulfonamides is 1. The van der Waals surface area contributed by atoms with Crippen LogP contribution in [0.4, 0.5) is 0 Å². The van der Waals surface area contributed by atoms with E-state index in [-0.39, 0.29) is 11.7 Å². The molecule has 9 heteroatoms. The van der Waals surface area contributed by atoms with E-state index in [1.807, 2.05) is 6.92 Å². The van der Waals surface area contributed by atoms with Crippen LogP contribution >= 0.6 is 11.3 Å². The average Bonchev–Trinajstić information content (AvgIpc) is 2.95. The first-order chi connectivity index (χ1) is 9.97. The number of thiazole rings is 1. The smallest absolute Gasteiger partial charge is 0.273 e. The van der Waals surface area contributed by atoms with Crippen molar-refractivity contribution in [2.45, 2.75) is 19.9 Å². The maximum absolute atomic E-state index is 12.3. The van der Waals surface area contributed by atoms with Crippen LogP contribution in [0.25, 0.3) is 0 Å². The van der Waals surface area contributed by atoms with E-state index in [1.165, 1.54) is 15.6 Å². The van der Waals surface area contributed by atoms with Gasteiger partial charge in [-0.05, 0) is 6.42 Å². The fourth-order valence-corrected chi connectivity index (χ4v) is 4.36. The van der Waals surface area contributed by atoms with Crippen LogP contribution in [0.2, 0.25) is 0 Å². The van der Waals surface area contributed by atoms with Crippen LogP contribution in [-0.4, -0.2) is 60.4 Å². The van der Waals surface area contributed by atoms with Crippen LogP contribution in [0.15, 0.2) is 5.38 Å². The molecule has 1 aliphatic rings. The second kappa shape index (κ2) is 6.82. The number of hydrogen-bond donors (Lipinski definition) is 1. The average molecular weight is 332 g/mol. The van der Waals surface area contributed by atoms with Gasteiger partial charge in [0.05, 0.1) is 5.75 Å². The van der Waals surface area contributed by atoms with Gasteiger partial charge in [0.1, 0.15) is 10.7 Å². The molecule has 1 aromatic rings. The first kappa shape index (κ1) is 16.3. The zero-order valence-corrected chi connectivity index (χ0v) is 13.6. The summed E-state index contributed by atoms with van der Waals surface area (Å²) >= 11 is 1.36. The molecule has 0 aliphatic carbocycles. The number of nitrogens with zero attached hydrogens (tertiary/aromatic N) is 3. The Hall–Kier alpha value is -1.03. The minimum Gasteiger partial charge on any atom is -0.335 e. The van der Waals surface area contributed by atoms with Crippen LogP contribution in [0.3, 0.4) is 0 Å². The van der Waals surface area contributed by atoms with Gasteiger partial charge in [0.2, 0.25) is 10.0 Å². The molecule has 0 spiro atoms. The monoisotopic (exact) mass is 332 g/mol. The second-order valence-corrected chi connectivity index (χ2v) is 7.87. The first-order valence-electron chi connectivity index (χ1n) is 6.89. The molecule has 0 bridgehead atoms. The van der Waals surface area contributed by atoms with Crippen molar-refractivity contribution in [2.75, 3.05) is 31.9 Å². The summed E-state index contributed by atoms with van der Waals surface area (Å²) in [6.45, 7) is 3.66. The molecule has 2 heterocycles. The van der Waals surface area contributed by atoms with Crippen molar-refractivity contribution in [2.24, 2.45) is 5.73 Å². The fraction of sp³-hybridized carbons (Fsp3) is 0.667. The molecular formula is C12H20N4O3S2. The van der Waals surface area contributed by atoms with Crippen LogP contribution in [0.5, 0.6) is 0 Å². The molecule has 1 fully saturated rings. The fourth-order valence-electron chi connectivity index (χ4n) is 2.22. The lowest BCUT2D eigenvalue weighted by atomic mass is 10.3. The number of nitrogens with two attached hydrogens (primary N) is 1. The zero-order chi connectivity index (χ0) is 15.5. The third-order valence-electron chi connectivity index (χ3n) is 3.33. The van der Waals surface area contributed by atoms with Gasteiger partial charge in [-0.2, -0.15) is 4.31 Å².